The van der Waals surface area contributed by atoms with Gasteiger partial charge in [-0.1, -0.05) is 49.7 Å². The number of carbonyl (C=O) groups excluding carboxylic acids is 1. The van der Waals surface area contributed by atoms with E-state index in [4.69, 9.17) is 10.9 Å². The molecule has 1 amide bonds. The third-order valence-corrected chi connectivity index (χ3v) is 4.66. The van der Waals surface area contributed by atoms with E-state index in [2.05, 4.69) is 0 Å². The molecule has 0 spiro atoms. The first-order chi connectivity index (χ1) is 10.8. The average molecular weight is 332 g/mol. The second kappa shape index (κ2) is 6.93. The van der Waals surface area contributed by atoms with Crippen molar-refractivity contribution in [2.45, 2.75) is 30.6 Å². The van der Waals surface area contributed by atoms with E-state index in [0.717, 1.165) is 23.1 Å². The van der Waals surface area contributed by atoms with Crippen molar-refractivity contribution in [3.05, 3.63) is 54.1 Å². The van der Waals surface area contributed by atoms with Crippen molar-refractivity contribution in [3.63, 3.8) is 0 Å². The first-order valence-electron chi connectivity index (χ1n) is 7.35. The van der Waals surface area contributed by atoms with E-state index < -0.39 is 10.0 Å². The van der Waals surface area contributed by atoms with Crippen LogP contribution in [0.15, 0.2) is 53.4 Å². The molecule has 122 valence electrons. The SMILES string of the molecule is CCCC(C(N)=O)c1cccc(-c2ccc(S(N)(=O)=O)cc2)c1. The third kappa shape index (κ3) is 4.18. The lowest BCUT2D eigenvalue weighted by molar-refractivity contribution is -0.119. The highest BCUT2D eigenvalue weighted by Gasteiger charge is 2.17. The predicted octanol–water partition coefficient (Wildman–Crippen LogP) is 2.37. The monoisotopic (exact) mass is 332 g/mol. The Morgan fingerprint density at radius 2 is 1.74 bits per heavy atom. The fourth-order valence-corrected chi connectivity index (χ4v) is 3.05. The number of benzene rings is 2. The van der Waals surface area contributed by atoms with E-state index in [1.165, 1.54) is 12.1 Å². The Kier molecular flexibility index (Phi) is 5.18. The Balaban J connectivity index is 2.38. The molecule has 6 heteroatoms. The van der Waals surface area contributed by atoms with Gasteiger partial charge in [-0.25, -0.2) is 13.6 Å². The number of primary amides is 1. The lowest BCUT2D eigenvalue weighted by Crippen LogP contribution is -2.21. The number of hydrogen-bond acceptors (Lipinski definition) is 3. The molecule has 0 radical (unpaired) electrons. The maximum atomic E-state index is 11.6. The van der Waals surface area contributed by atoms with E-state index >= 15 is 0 Å². The van der Waals surface area contributed by atoms with Crippen LogP contribution in [0, 0.1) is 0 Å². The van der Waals surface area contributed by atoms with Crippen LogP contribution < -0.4 is 10.9 Å². The summed E-state index contributed by atoms with van der Waals surface area (Å²) in [6.45, 7) is 2.01. The maximum Gasteiger partial charge on any atom is 0.238 e. The van der Waals surface area contributed by atoms with Crippen LogP contribution in [0.2, 0.25) is 0 Å². The molecule has 1 unspecified atom stereocenters. The lowest BCUT2D eigenvalue weighted by atomic mass is 9.91. The van der Waals surface area contributed by atoms with Gasteiger partial charge in [-0.2, -0.15) is 0 Å². The van der Waals surface area contributed by atoms with Crippen LogP contribution in [-0.2, 0) is 14.8 Å². The van der Waals surface area contributed by atoms with Gasteiger partial charge >= 0.3 is 0 Å². The van der Waals surface area contributed by atoms with Gasteiger partial charge in [-0.15, -0.1) is 0 Å². The maximum absolute atomic E-state index is 11.6. The molecule has 0 bridgehead atoms. The molecule has 0 saturated heterocycles. The second-order valence-corrected chi connectivity index (χ2v) is 7.00. The van der Waals surface area contributed by atoms with Crippen LogP contribution in [0.1, 0.15) is 31.2 Å². The van der Waals surface area contributed by atoms with Gasteiger partial charge < -0.3 is 5.73 Å². The molecule has 23 heavy (non-hydrogen) atoms. The fourth-order valence-electron chi connectivity index (χ4n) is 2.53. The zero-order valence-electron chi connectivity index (χ0n) is 12.9. The topological polar surface area (TPSA) is 103 Å². The number of rotatable bonds is 6. The van der Waals surface area contributed by atoms with Crippen LogP contribution in [0.3, 0.4) is 0 Å². The summed E-state index contributed by atoms with van der Waals surface area (Å²) in [5, 5.41) is 5.10. The van der Waals surface area contributed by atoms with Crippen molar-refractivity contribution in [3.8, 4) is 11.1 Å². The minimum atomic E-state index is -3.70. The Morgan fingerprint density at radius 3 is 2.26 bits per heavy atom. The smallest absolute Gasteiger partial charge is 0.238 e. The van der Waals surface area contributed by atoms with E-state index in [1.54, 1.807) is 12.1 Å². The highest BCUT2D eigenvalue weighted by Crippen LogP contribution is 2.27. The van der Waals surface area contributed by atoms with E-state index in [9.17, 15) is 13.2 Å². The summed E-state index contributed by atoms with van der Waals surface area (Å²) in [6, 6.07) is 13.9. The normalized spacial score (nSPS) is 12.8. The molecular weight excluding hydrogens is 312 g/mol. The van der Waals surface area contributed by atoms with Gasteiger partial charge in [0.2, 0.25) is 15.9 Å². The molecule has 0 heterocycles. The summed E-state index contributed by atoms with van der Waals surface area (Å²) >= 11 is 0. The number of hydrogen-bond donors (Lipinski definition) is 2. The van der Waals surface area contributed by atoms with Gasteiger partial charge in [0.25, 0.3) is 0 Å². The standard InChI is InChI=1S/C17H20N2O3S/c1-2-4-16(17(18)20)14-6-3-5-13(11-14)12-7-9-15(10-8-12)23(19,21)22/h3,5-11,16H,2,4H2,1H3,(H2,18,20)(H2,19,21,22). The molecule has 5 nitrogen and oxygen atoms in total. The number of nitrogens with two attached hydrogens (primary N) is 2. The van der Waals surface area contributed by atoms with Crippen LogP contribution in [0.4, 0.5) is 0 Å². The Bertz CT molecular complexity index is 799. The van der Waals surface area contributed by atoms with E-state index in [-0.39, 0.29) is 16.7 Å². The van der Waals surface area contributed by atoms with Crippen LogP contribution >= 0.6 is 0 Å². The van der Waals surface area contributed by atoms with Crippen molar-refractivity contribution >= 4 is 15.9 Å². The van der Waals surface area contributed by atoms with Crippen LogP contribution in [0.5, 0.6) is 0 Å². The highest BCUT2D eigenvalue weighted by molar-refractivity contribution is 7.89. The summed E-state index contributed by atoms with van der Waals surface area (Å²) in [4.78, 5) is 11.7. The van der Waals surface area contributed by atoms with Gasteiger partial charge in [-0.05, 0) is 35.2 Å². The minimum Gasteiger partial charge on any atom is -0.369 e. The van der Waals surface area contributed by atoms with Crippen LogP contribution in [0.25, 0.3) is 11.1 Å². The molecule has 0 aliphatic carbocycles. The Labute approximate surface area is 136 Å². The molecular formula is C17H20N2O3S. The van der Waals surface area contributed by atoms with Gasteiger partial charge in [0.05, 0.1) is 10.8 Å². The second-order valence-electron chi connectivity index (χ2n) is 5.44. The minimum absolute atomic E-state index is 0.0680. The third-order valence-electron chi connectivity index (χ3n) is 3.73. The van der Waals surface area contributed by atoms with Crippen molar-refractivity contribution in [2.24, 2.45) is 10.9 Å². The lowest BCUT2D eigenvalue weighted by Gasteiger charge is -2.14. The zero-order chi connectivity index (χ0) is 17.0. The molecule has 0 fully saturated rings. The Hall–Kier alpha value is -2.18. The molecule has 0 saturated carbocycles. The van der Waals surface area contributed by atoms with Crippen molar-refractivity contribution < 1.29 is 13.2 Å². The summed E-state index contributed by atoms with van der Waals surface area (Å²) < 4.78 is 22.6. The summed E-state index contributed by atoms with van der Waals surface area (Å²) in [6.07, 6.45) is 1.56. The number of carbonyl (C=O) groups is 1. The van der Waals surface area contributed by atoms with Crippen molar-refractivity contribution in [2.75, 3.05) is 0 Å². The number of amides is 1. The number of sulfonamides is 1. The average Bonchev–Trinajstić information content (AvgIpc) is 2.52. The molecule has 2 rings (SSSR count). The molecule has 0 aromatic heterocycles. The van der Waals surface area contributed by atoms with Crippen molar-refractivity contribution in [1.29, 1.82) is 0 Å². The molecule has 4 N–H and O–H groups in total. The predicted molar refractivity (Wildman–Crippen MR) is 90.1 cm³/mol. The summed E-state index contributed by atoms with van der Waals surface area (Å²) in [5.74, 6) is -0.655. The van der Waals surface area contributed by atoms with Gasteiger partial charge in [-0.3, -0.25) is 4.79 Å². The number of primary sulfonamides is 1. The van der Waals surface area contributed by atoms with E-state index in [0.29, 0.717) is 6.42 Å². The summed E-state index contributed by atoms with van der Waals surface area (Å²) in [7, 11) is -3.70. The Morgan fingerprint density at radius 1 is 1.09 bits per heavy atom. The quantitative estimate of drug-likeness (QED) is 0.848. The van der Waals surface area contributed by atoms with Gasteiger partial charge in [0.1, 0.15) is 0 Å². The highest BCUT2D eigenvalue weighted by atomic mass is 32.2. The first-order valence-corrected chi connectivity index (χ1v) is 8.90. The zero-order valence-corrected chi connectivity index (χ0v) is 13.7. The van der Waals surface area contributed by atoms with Gasteiger partial charge in [0.15, 0.2) is 0 Å². The molecule has 0 aliphatic heterocycles. The molecule has 2 aromatic carbocycles. The molecule has 1 atom stereocenters. The molecule has 2 aromatic rings. The fraction of sp³-hybridized carbons (Fsp3) is 0.235. The largest absolute Gasteiger partial charge is 0.369 e. The summed E-state index contributed by atoms with van der Waals surface area (Å²) in [5.41, 5.74) is 8.10. The molecule has 0 aliphatic rings. The first kappa shape index (κ1) is 17.2. The van der Waals surface area contributed by atoms with E-state index in [1.807, 2.05) is 31.2 Å². The van der Waals surface area contributed by atoms with Gasteiger partial charge in [0, 0.05) is 0 Å². The van der Waals surface area contributed by atoms with Crippen LogP contribution in [-0.4, -0.2) is 14.3 Å². The van der Waals surface area contributed by atoms with Crippen molar-refractivity contribution in [1.82, 2.24) is 0 Å².